The molecule has 0 aliphatic rings. The smallest absolute Gasteiger partial charge is 0.305 e. The molecule has 0 N–H and O–H groups in total. The summed E-state index contributed by atoms with van der Waals surface area (Å²) in [5, 5.41) is 5.42. The van der Waals surface area contributed by atoms with E-state index in [9.17, 15) is 4.79 Å². The van der Waals surface area contributed by atoms with E-state index in [1.165, 1.54) is 83.5 Å². The lowest BCUT2D eigenvalue weighted by Crippen LogP contribution is -2.03. The molecule has 2 aromatic heterocycles. The standard InChI is InChI=1S/C28H48N4O3S/c1-4-6-7-8-9-10-11-12-13-14-15-16-17-18-21-35-28-26-25(31-32(28)3)27(30-23-29-26)36-22-19-20-24(33)34-5-2/h23H,4-22H2,1-3H3. The summed E-state index contributed by atoms with van der Waals surface area (Å²) in [7, 11) is 1.89. The molecular formula is C28H48N4O3S. The van der Waals surface area contributed by atoms with Crippen molar-refractivity contribution in [2.45, 2.75) is 122 Å². The van der Waals surface area contributed by atoms with Crippen LogP contribution in [-0.4, -0.2) is 44.7 Å². The Kier molecular flexibility index (Phi) is 16.3. The first-order chi connectivity index (χ1) is 17.7. The molecule has 0 aromatic carbocycles. The van der Waals surface area contributed by atoms with Gasteiger partial charge in [-0.25, -0.2) is 14.6 Å². The van der Waals surface area contributed by atoms with Crippen molar-refractivity contribution in [1.29, 1.82) is 0 Å². The Morgan fingerprint density at radius 2 is 1.44 bits per heavy atom. The third-order valence-electron chi connectivity index (χ3n) is 6.34. The summed E-state index contributed by atoms with van der Waals surface area (Å²) in [6.07, 6.45) is 21.6. The van der Waals surface area contributed by atoms with Gasteiger partial charge in [0.1, 0.15) is 16.9 Å². The number of fused-ring (bicyclic) bond motifs is 1. The lowest BCUT2D eigenvalue weighted by Gasteiger charge is -2.06. The SMILES string of the molecule is CCCCCCCCCCCCCCCCOc1c2ncnc(SCCCC(=O)OCC)c2nn1C. The molecular weight excluding hydrogens is 472 g/mol. The van der Waals surface area contributed by atoms with Crippen molar-refractivity contribution in [3.8, 4) is 5.88 Å². The first kappa shape index (κ1) is 30.4. The molecule has 0 fully saturated rings. The Labute approximate surface area is 222 Å². The van der Waals surface area contributed by atoms with Gasteiger partial charge in [0.15, 0.2) is 5.52 Å². The third kappa shape index (κ3) is 11.9. The van der Waals surface area contributed by atoms with E-state index in [-0.39, 0.29) is 5.97 Å². The predicted octanol–water partition coefficient (Wildman–Crippen LogP) is 7.66. The zero-order valence-corrected chi connectivity index (χ0v) is 23.8. The van der Waals surface area contributed by atoms with Gasteiger partial charge in [-0.3, -0.25) is 4.79 Å². The van der Waals surface area contributed by atoms with E-state index in [2.05, 4.69) is 22.0 Å². The maximum atomic E-state index is 11.5. The van der Waals surface area contributed by atoms with Crippen LogP contribution in [0.2, 0.25) is 0 Å². The maximum absolute atomic E-state index is 11.5. The Hall–Kier alpha value is -1.83. The number of rotatable bonds is 22. The van der Waals surface area contributed by atoms with Gasteiger partial charge in [-0.2, -0.15) is 5.10 Å². The zero-order chi connectivity index (χ0) is 25.8. The number of aryl methyl sites for hydroxylation is 1. The van der Waals surface area contributed by atoms with Crippen LogP contribution in [0.3, 0.4) is 0 Å². The number of thioether (sulfide) groups is 1. The number of nitrogens with zero attached hydrogens (tertiary/aromatic N) is 4. The molecule has 0 atom stereocenters. The van der Waals surface area contributed by atoms with Crippen LogP contribution < -0.4 is 4.74 Å². The van der Waals surface area contributed by atoms with Crippen molar-refractivity contribution >= 4 is 28.8 Å². The van der Waals surface area contributed by atoms with Crippen molar-refractivity contribution < 1.29 is 14.3 Å². The van der Waals surface area contributed by atoms with E-state index in [1.807, 2.05) is 14.0 Å². The molecule has 2 rings (SSSR count). The van der Waals surface area contributed by atoms with E-state index in [0.717, 1.165) is 34.7 Å². The average Bonchev–Trinajstić information content (AvgIpc) is 3.20. The van der Waals surface area contributed by atoms with Crippen LogP contribution in [0.25, 0.3) is 11.0 Å². The predicted molar refractivity (Wildman–Crippen MR) is 149 cm³/mol. The third-order valence-corrected chi connectivity index (χ3v) is 7.41. The number of unbranched alkanes of at least 4 members (excludes halogenated alkanes) is 13. The largest absolute Gasteiger partial charge is 0.476 e. The molecule has 0 bridgehead atoms. The van der Waals surface area contributed by atoms with Crippen molar-refractivity contribution in [3.05, 3.63) is 6.33 Å². The second-order valence-corrected chi connectivity index (χ2v) is 10.6. The molecule has 0 aliphatic carbocycles. The van der Waals surface area contributed by atoms with Gasteiger partial charge in [0.25, 0.3) is 0 Å². The molecule has 7 nitrogen and oxygen atoms in total. The number of esters is 1. The van der Waals surface area contributed by atoms with E-state index >= 15 is 0 Å². The van der Waals surface area contributed by atoms with Gasteiger partial charge in [0, 0.05) is 19.2 Å². The molecule has 0 aliphatic heterocycles. The van der Waals surface area contributed by atoms with Crippen molar-refractivity contribution in [2.75, 3.05) is 19.0 Å². The summed E-state index contributed by atoms with van der Waals surface area (Å²) in [6.45, 7) is 5.21. The molecule has 0 amide bonds. The Bertz CT molecular complexity index is 859. The second-order valence-electron chi connectivity index (χ2n) is 9.51. The van der Waals surface area contributed by atoms with E-state index < -0.39 is 0 Å². The number of ether oxygens (including phenoxy) is 2. The maximum Gasteiger partial charge on any atom is 0.305 e. The minimum Gasteiger partial charge on any atom is -0.476 e. The first-order valence-electron chi connectivity index (χ1n) is 14.3. The summed E-state index contributed by atoms with van der Waals surface area (Å²) in [4.78, 5) is 20.3. The minimum atomic E-state index is -0.150. The van der Waals surface area contributed by atoms with Crippen LogP contribution in [-0.2, 0) is 16.6 Å². The van der Waals surface area contributed by atoms with Crippen LogP contribution in [0.5, 0.6) is 5.88 Å². The number of aromatic nitrogens is 4. The highest BCUT2D eigenvalue weighted by Crippen LogP contribution is 2.30. The van der Waals surface area contributed by atoms with Gasteiger partial charge in [-0.1, -0.05) is 90.4 Å². The summed E-state index contributed by atoms with van der Waals surface area (Å²) < 4.78 is 12.8. The van der Waals surface area contributed by atoms with Crippen molar-refractivity contribution in [2.24, 2.45) is 7.05 Å². The van der Waals surface area contributed by atoms with Crippen LogP contribution in [0.4, 0.5) is 0 Å². The number of hydrogen-bond donors (Lipinski definition) is 0. The van der Waals surface area contributed by atoms with Crippen LogP contribution in [0.15, 0.2) is 11.4 Å². The van der Waals surface area contributed by atoms with Crippen LogP contribution >= 0.6 is 11.8 Å². The zero-order valence-electron chi connectivity index (χ0n) is 22.9. The number of hydrogen-bond acceptors (Lipinski definition) is 7. The van der Waals surface area contributed by atoms with Crippen LogP contribution in [0.1, 0.15) is 117 Å². The fourth-order valence-electron chi connectivity index (χ4n) is 4.31. The molecule has 204 valence electrons. The Morgan fingerprint density at radius 1 is 0.833 bits per heavy atom. The molecule has 0 radical (unpaired) electrons. The van der Waals surface area contributed by atoms with E-state index in [1.54, 1.807) is 22.8 Å². The molecule has 2 heterocycles. The number of carbonyl (C=O) groups is 1. The van der Waals surface area contributed by atoms with Crippen molar-refractivity contribution in [1.82, 2.24) is 19.7 Å². The normalized spacial score (nSPS) is 11.3. The highest BCUT2D eigenvalue weighted by molar-refractivity contribution is 7.99. The molecule has 36 heavy (non-hydrogen) atoms. The Morgan fingerprint density at radius 3 is 2.06 bits per heavy atom. The summed E-state index contributed by atoms with van der Waals surface area (Å²) in [5.41, 5.74) is 1.52. The Balaban J connectivity index is 1.58. The highest BCUT2D eigenvalue weighted by Gasteiger charge is 2.16. The molecule has 8 heteroatoms. The summed E-state index contributed by atoms with van der Waals surface area (Å²) in [6, 6.07) is 0. The lowest BCUT2D eigenvalue weighted by molar-refractivity contribution is -0.143. The van der Waals surface area contributed by atoms with Crippen LogP contribution in [0, 0.1) is 0 Å². The molecule has 2 aromatic rings. The van der Waals surface area contributed by atoms with Gasteiger partial charge < -0.3 is 9.47 Å². The average molecular weight is 521 g/mol. The fourth-order valence-corrected chi connectivity index (χ4v) is 5.19. The first-order valence-corrected chi connectivity index (χ1v) is 15.2. The number of carbonyl (C=O) groups excluding carboxylic acids is 1. The van der Waals surface area contributed by atoms with Gasteiger partial charge in [-0.05, 0) is 19.8 Å². The molecule has 0 spiro atoms. The highest BCUT2D eigenvalue weighted by atomic mass is 32.2. The quantitative estimate of drug-likeness (QED) is 0.0682. The summed E-state index contributed by atoms with van der Waals surface area (Å²) in [5.74, 6) is 1.33. The minimum absolute atomic E-state index is 0.150. The van der Waals surface area contributed by atoms with Gasteiger partial charge in [0.05, 0.1) is 13.2 Å². The topological polar surface area (TPSA) is 79.1 Å². The van der Waals surface area contributed by atoms with E-state index in [0.29, 0.717) is 25.5 Å². The van der Waals surface area contributed by atoms with Gasteiger partial charge in [0.2, 0.25) is 5.88 Å². The molecule has 0 saturated heterocycles. The molecule has 0 unspecified atom stereocenters. The van der Waals surface area contributed by atoms with Gasteiger partial charge >= 0.3 is 5.97 Å². The van der Waals surface area contributed by atoms with E-state index in [4.69, 9.17) is 9.47 Å². The monoisotopic (exact) mass is 520 g/mol. The lowest BCUT2D eigenvalue weighted by atomic mass is 10.0. The van der Waals surface area contributed by atoms with Crippen molar-refractivity contribution in [3.63, 3.8) is 0 Å². The fraction of sp³-hybridized carbons (Fsp3) is 0.786. The van der Waals surface area contributed by atoms with Gasteiger partial charge in [-0.15, -0.1) is 11.8 Å². The second kappa shape index (κ2) is 19.3. The summed E-state index contributed by atoms with van der Waals surface area (Å²) >= 11 is 1.59. The molecule has 0 saturated carbocycles.